The summed E-state index contributed by atoms with van der Waals surface area (Å²) >= 11 is 0. The first-order valence-corrected chi connectivity index (χ1v) is 6.26. The number of nitrogens with zero attached hydrogens (tertiary/aromatic N) is 1. The van der Waals surface area contributed by atoms with Gasteiger partial charge in [-0.1, -0.05) is 6.92 Å². The first-order valence-electron chi connectivity index (χ1n) is 6.26. The fourth-order valence-electron chi connectivity index (χ4n) is 3.16. The third kappa shape index (κ3) is 2.60. The van der Waals surface area contributed by atoms with E-state index in [1.165, 1.54) is 0 Å². The standard InChI is InChI=1S/C12H20N2O3/c1-12(8-10(15)13-17)5-6-14-9(7-12)3-2-4-11(14)16/h9,17H,2-8H2,1H3,(H,13,15)/t9-,12-/m0/s1. The molecule has 0 aromatic heterocycles. The van der Waals surface area contributed by atoms with Crippen molar-refractivity contribution < 1.29 is 14.8 Å². The van der Waals surface area contributed by atoms with E-state index in [4.69, 9.17) is 5.21 Å². The molecule has 2 rings (SSSR count). The maximum Gasteiger partial charge on any atom is 0.243 e. The molecule has 17 heavy (non-hydrogen) atoms. The predicted molar refractivity (Wildman–Crippen MR) is 61.2 cm³/mol. The fourth-order valence-corrected chi connectivity index (χ4v) is 3.16. The van der Waals surface area contributed by atoms with E-state index in [1.807, 2.05) is 4.90 Å². The van der Waals surface area contributed by atoms with Gasteiger partial charge in [0.05, 0.1) is 0 Å². The third-order valence-corrected chi connectivity index (χ3v) is 4.09. The number of hydrogen-bond donors (Lipinski definition) is 2. The molecule has 2 amide bonds. The summed E-state index contributed by atoms with van der Waals surface area (Å²) in [6.07, 6.45) is 4.71. The van der Waals surface area contributed by atoms with Crippen LogP contribution in [0.2, 0.25) is 0 Å². The predicted octanol–water partition coefficient (Wildman–Crippen LogP) is 1.06. The van der Waals surface area contributed by atoms with Crippen LogP contribution in [0.15, 0.2) is 0 Å². The van der Waals surface area contributed by atoms with Crippen LogP contribution in [0.5, 0.6) is 0 Å². The largest absolute Gasteiger partial charge is 0.340 e. The monoisotopic (exact) mass is 240 g/mol. The van der Waals surface area contributed by atoms with E-state index in [0.717, 1.165) is 32.2 Å². The Morgan fingerprint density at radius 2 is 2.41 bits per heavy atom. The molecule has 5 heteroatoms. The van der Waals surface area contributed by atoms with Crippen LogP contribution in [0.3, 0.4) is 0 Å². The zero-order valence-electron chi connectivity index (χ0n) is 10.2. The summed E-state index contributed by atoms with van der Waals surface area (Å²) in [7, 11) is 0. The summed E-state index contributed by atoms with van der Waals surface area (Å²) in [4.78, 5) is 25.0. The van der Waals surface area contributed by atoms with Crippen molar-refractivity contribution in [3.05, 3.63) is 0 Å². The summed E-state index contributed by atoms with van der Waals surface area (Å²) in [6.45, 7) is 2.82. The van der Waals surface area contributed by atoms with E-state index in [-0.39, 0.29) is 17.2 Å². The molecule has 96 valence electrons. The summed E-state index contributed by atoms with van der Waals surface area (Å²) < 4.78 is 0. The number of carbonyl (C=O) groups is 2. The van der Waals surface area contributed by atoms with Crippen LogP contribution < -0.4 is 5.48 Å². The molecular weight excluding hydrogens is 220 g/mol. The Labute approximate surface area is 101 Å². The van der Waals surface area contributed by atoms with Crippen LogP contribution >= 0.6 is 0 Å². The van der Waals surface area contributed by atoms with Gasteiger partial charge in [-0.15, -0.1) is 0 Å². The molecule has 0 aromatic rings. The molecule has 0 bridgehead atoms. The van der Waals surface area contributed by atoms with Gasteiger partial charge in [0.15, 0.2) is 0 Å². The van der Waals surface area contributed by atoms with Gasteiger partial charge in [-0.05, 0) is 31.1 Å². The van der Waals surface area contributed by atoms with Crippen LogP contribution in [-0.4, -0.2) is 34.5 Å². The average molecular weight is 240 g/mol. The molecular formula is C12H20N2O3. The average Bonchev–Trinajstić information content (AvgIpc) is 2.28. The lowest BCUT2D eigenvalue weighted by Gasteiger charge is -2.47. The van der Waals surface area contributed by atoms with Crippen LogP contribution in [0.25, 0.3) is 0 Å². The fraction of sp³-hybridized carbons (Fsp3) is 0.833. The second-order valence-corrected chi connectivity index (χ2v) is 5.61. The SMILES string of the molecule is C[C@]1(CC(=O)NO)CCN2C(=O)CCC[C@H]2C1. The van der Waals surface area contributed by atoms with Crippen LogP contribution in [0.4, 0.5) is 0 Å². The highest BCUT2D eigenvalue weighted by Crippen LogP contribution is 2.40. The number of fused-ring (bicyclic) bond motifs is 1. The molecule has 0 radical (unpaired) electrons. The van der Waals surface area contributed by atoms with E-state index >= 15 is 0 Å². The molecule has 5 nitrogen and oxygen atoms in total. The lowest BCUT2D eigenvalue weighted by atomic mass is 9.72. The van der Waals surface area contributed by atoms with Gasteiger partial charge >= 0.3 is 0 Å². The zero-order chi connectivity index (χ0) is 12.5. The molecule has 2 atom stereocenters. The number of hydroxylamine groups is 1. The number of nitrogens with one attached hydrogen (secondary N) is 1. The van der Waals surface area contributed by atoms with E-state index in [0.29, 0.717) is 18.9 Å². The smallest absolute Gasteiger partial charge is 0.243 e. The van der Waals surface area contributed by atoms with Crippen LogP contribution in [0.1, 0.15) is 45.4 Å². The Bertz CT molecular complexity index is 332. The highest BCUT2D eigenvalue weighted by molar-refractivity contribution is 5.78. The summed E-state index contributed by atoms with van der Waals surface area (Å²) in [6, 6.07) is 0.293. The van der Waals surface area contributed by atoms with Gasteiger partial charge in [0.1, 0.15) is 0 Å². The summed E-state index contributed by atoms with van der Waals surface area (Å²) in [5.41, 5.74) is 1.61. The van der Waals surface area contributed by atoms with Gasteiger partial charge in [-0.3, -0.25) is 14.8 Å². The number of hydrogen-bond acceptors (Lipinski definition) is 3. The summed E-state index contributed by atoms with van der Waals surface area (Å²) in [5.74, 6) is -0.0713. The van der Waals surface area contributed by atoms with Crippen molar-refractivity contribution in [1.29, 1.82) is 0 Å². The molecule has 0 aromatic carbocycles. The minimum atomic E-state index is -0.330. The van der Waals surface area contributed by atoms with Crippen molar-refractivity contribution in [3.63, 3.8) is 0 Å². The first kappa shape index (κ1) is 12.4. The molecule has 2 fully saturated rings. The van der Waals surface area contributed by atoms with Crippen molar-refractivity contribution in [1.82, 2.24) is 10.4 Å². The Morgan fingerprint density at radius 1 is 1.65 bits per heavy atom. The molecule has 0 unspecified atom stereocenters. The van der Waals surface area contributed by atoms with Gasteiger partial charge in [0.25, 0.3) is 0 Å². The minimum Gasteiger partial charge on any atom is -0.340 e. The van der Waals surface area contributed by atoms with Crippen molar-refractivity contribution in [2.24, 2.45) is 5.41 Å². The molecule has 2 saturated heterocycles. The molecule has 2 aliphatic rings. The molecule has 0 saturated carbocycles. The number of piperidine rings is 2. The van der Waals surface area contributed by atoms with E-state index < -0.39 is 0 Å². The van der Waals surface area contributed by atoms with Crippen molar-refractivity contribution >= 4 is 11.8 Å². The van der Waals surface area contributed by atoms with Crippen LogP contribution in [-0.2, 0) is 9.59 Å². The van der Waals surface area contributed by atoms with Gasteiger partial charge in [0.2, 0.25) is 11.8 Å². The second-order valence-electron chi connectivity index (χ2n) is 5.61. The first-order chi connectivity index (χ1) is 8.04. The number of amides is 2. The van der Waals surface area contributed by atoms with Gasteiger partial charge in [-0.2, -0.15) is 0 Å². The minimum absolute atomic E-state index is 0.0917. The zero-order valence-corrected chi connectivity index (χ0v) is 10.2. The topological polar surface area (TPSA) is 69.6 Å². The van der Waals surface area contributed by atoms with E-state index in [9.17, 15) is 9.59 Å². The Hall–Kier alpha value is -1.10. The number of rotatable bonds is 2. The summed E-state index contributed by atoms with van der Waals surface area (Å²) in [5, 5.41) is 8.59. The molecule has 2 aliphatic heterocycles. The van der Waals surface area contributed by atoms with Crippen molar-refractivity contribution in [3.8, 4) is 0 Å². The Morgan fingerprint density at radius 3 is 3.12 bits per heavy atom. The van der Waals surface area contributed by atoms with Gasteiger partial charge in [-0.25, -0.2) is 5.48 Å². The molecule has 2 N–H and O–H groups in total. The maximum absolute atomic E-state index is 11.7. The van der Waals surface area contributed by atoms with E-state index in [2.05, 4.69) is 6.92 Å². The Kier molecular flexibility index (Phi) is 3.38. The lowest BCUT2D eigenvalue weighted by molar-refractivity contribution is -0.141. The maximum atomic E-state index is 11.7. The Balaban J connectivity index is 2.01. The van der Waals surface area contributed by atoms with Crippen LogP contribution in [0, 0.1) is 5.41 Å². The van der Waals surface area contributed by atoms with Gasteiger partial charge in [0, 0.05) is 25.4 Å². The molecule has 0 spiro atoms. The van der Waals surface area contributed by atoms with Crippen molar-refractivity contribution in [2.75, 3.05) is 6.54 Å². The third-order valence-electron chi connectivity index (χ3n) is 4.09. The number of carbonyl (C=O) groups excluding carboxylic acids is 2. The van der Waals surface area contributed by atoms with Gasteiger partial charge < -0.3 is 4.90 Å². The van der Waals surface area contributed by atoms with Crippen molar-refractivity contribution in [2.45, 2.75) is 51.5 Å². The second kappa shape index (κ2) is 4.64. The highest BCUT2D eigenvalue weighted by atomic mass is 16.5. The molecule has 2 heterocycles. The lowest BCUT2D eigenvalue weighted by Crippen LogP contribution is -2.51. The van der Waals surface area contributed by atoms with E-state index in [1.54, 1.807) is 5.48 Å². The quantitative estimate of drug-likeness (QED) is 0.560. The molecule has 0 aliphatic carbocycles. The normalized spacial score (nSPS) is 33.2. The highest BCUT2D eigenvalue weighted by Gasteiger charge is 2.40.